The Morgan fingerprint density at radius 3 is 2.00 bits per heavy atom. The minimum absolute atomic E-state index is 0.0684. The van der Waals surface area contributed by atoms with Crippen LogP contribution in [0.4, 0.5) is 0 Å². The molecule has 0 aromatic rings. The molecule has 0 spiro atoms. The van der Waals surface area contributed by atoms with Crippen LogP contribution in [0.25, 0.3) is 0 Å². The highest BCUT2D eigenvalue weighted by Crippen LogP contribution is 2.06. The molecule has 0 bridgehead atoms. The summed E-state index contributed by atoms with van der Waals surface area (Å²) in [7, 11) is 0. The van der Waals surface area contributed by atoms with Crippen LogP contribution in [0.2, 0.25) is 0 Å². The number of carbonyl (C=O) groups is 2. The largest absolute Gasteiger partial charge is 0.480 e. The number of aliphatic carboxylic acids is 1. The van der Waals surface area contributed by atoms with Crippen LogP contribution in [0.3, 0.4) is 0 Å². The van der Waals surface area contributed by atoms with Gasteiger partial charge in [0.05, 0.1) is 0 Å². The van der Waals surface area contributed by atoms with E-state index in [1.54, 1.807) is 0 Å². The predicted molar refractivity (Wildman–Crippen MR) is 58.5 cm³/mol. The van der Waals surface area contributed by atoms with Gasteiger partial charge >= 0.3 is 5.97 Å². The van der Waals surface area contributed by atoms with Crippen LogP contribution in [0.15, 0.2) is 0 Å². The lowest BCUT2D eigenvalue weighted by molar-refractivity contribution is -0.145. The molecule has 0 unspecified atom stereocenters. The van der Waals surface area contributed by atoms with E-state index in [0.29, 0.717) is 18.9 Å². The minimum Gasteiger partial charge on any atom is -0.480 e. The number of carbonyl (C=O) groups excluding carboxylic acids is 1. The second-order valence-corrected chi connectivity index (χ2v) is 4.66. The van der Waals surface area contributed by atoms with Gasteiger partial charge in [0, 0.05) is 13.0 Å². The quantitative estimate of drug-likeness (QED) is 0.732. The number of hydrogen-bond acceptors (Lipinski definition) is 2. The van der Waals surface area contributed by atoms with Crippen LogP contribution in [0, 0.1) is 11.8 Å². The van der Waals surface area contributed by atoms with E-state index >= 15 is 0 Å². The Labute approximate surface area is 91.3 Å². The summed E-state index contributed by atoms with van der Waals surface area (Å²) >= 11 is 0. The number of nitrogens with zero attached hydrogens (tertiary/aromatic N) is 1. The first-order chi connectivity index (χ1) is 6.82. The third-order valence-electron chi connectivity index (χ3n) is 1.85. The molecule has 1 N–H and O–H groups in total. The molecule has 0 saturated heterocycles. The van der Waals surface area contributed by atoms with Crippen molar-refractivity contribution in [3.8, 4) is 0 Å². The van der Waals surface area contributed by atoms with Crippen LogP contribution in [0.5, 0.6) is 0 Å². The first kappa shape index (κ1) is 13.9. The van der Waals surface area contributed by atoms with E-state index in [4.69, 9.17) is 5.11 Å². The van der Waals surface area contributed by atoms with Crippen molar-refractivity contribution < 1.29 is 14.7 Å². The summed E-state index contributed by atoms with van der Waals surface area (Å²) in [5, 5.41) is 8.69. The highest BCUT2D eigenvalue weighted by atomic mass is 16.4. The Morgan fingerprint density at radius 1 is 1.13 bits per heavy atom. The molecule has 0 heterocycles. The van der Waals surface area contributed by atoms with Gasteiger partial charge in [-0.15, -0.1) is 0 Å². The summed E-state index contributed by atoms with van der Waals surface area (Å²) in [5.74, 6) is -0.463. The van der Waals surface area contributed by atoms with Gasteiger partial charge in [0.1, 0.15) is 6.54 Å². The van der Waals surface area contributed by atoms with Gasteiger partial charge in [-0.05, 0) is 11.8 Å². The average Bonchev–Trinajstić information content (AvgIpc) is 1.99. The SMILES string of the molecule is CC(C)CC(=O)N(CC(=O)O)CC(C)C. The summed E-state index contributed by atoms with van der Waals surface area (Å²) < 4.78 is 0. The van der Waals surface area contributed by atoms with E-state index in [1.807, 2.05) is 27.7 Å². The van der Waals surface area contributed by atoms with Crippen LogP contribution in [-0.2, 0) is 9.59 Å². The van der Waals surface area contributed by atoms with Gasteiger partial charge in [0.15, 0.2) is 0 Å². The molecule has 0 aromatic carbocycles. The maximum absolute atomic E-state index is 11.7. The first-order valence-corrected chi connectivity index (χ1v) is 5.32. The van der Waals surface area contributed by atoms with Gasteiger partial charge < -0.3 is 10.0 Å². The Morgan fingerprint density at radius 2 is 1.67 bits per heavy atom. The van der Waals surface area contributed by atoms with Crippen LogP contribution in [0.1, 0.15) is 34.1 Å². The molecule has 0 saturated carbocycles. The zero-order valence-corrected chi connectivity index (χ0v) is 9.99. The highest BCUT2D eigenvalue weighted by Gasteiger charge is 2.18. The van der Waals surface area contributed by atoms with Gasteiger partial charge in [-0.25, -0.2) is 0 Å². The zero-order valence-electron chi connectivity index (χ0n) is 9.99. The summed E-state index contributed by atoms with van der Waals surface area (Å²) in [5.41, 5.74) is 0. The molecule has 4 nitrogen and oxygen atoms in total. The first-order valence-electron chi connectivity index (χ1n) is 5.32. The third kappa shape index (κ3) is 6.94. The van der Waals surface area contributed by atoms with Gasteiger partial charge in [-0.2, -0.15) is 0 Å². The van der Waals surface area contributed by atoms with Crippen molar-refractivity contribution in [2.45, 2.75) is 34.1 Å². The Kier molecular flexibility index (Phi) is 5.97. The number of hydrogen-bond donors (Lipinski definition) is 1. The number of amides is 1. The zero-order chi connectivity index (χ0) is 12.0. The van der Waals surface area contributed by atoms with Crippen molar-refractivity contribution in [3.05, 3.63) is 0 Å². The average molecular weight is 215 g/mol. The topological polar surface area (TPSA) is 57.6 Å². The van der Waals surface area contributed by atoms with Crippen molar-refractivity contribution in [2.75, 3.05) is 13.1 Å². The van der Waals surface area contributed by atoms with Crippen molar-refractivity contribution >= 4 is 11.9 Å². The molecule has 0 fully saturated rings. The maximum Gasteiger partial charge on any atom is 0.323 e. The Hall–Kier alpha value is -1.06. The summed E-state index contributed by atoms with van der Waals surface area (Å²) in [6.45, 7) is 8.16. The second kappa shape index (κ2) is 6.43. The molecular weight excluding hydrogens is 194 g/mol. The lowest BCUT2D eigenvalue weighted by atomic mass is 10.1. The standard InChI is InChI=1S/C11H21NO3/c1-8(2)5-10(13)12(6-9(3)4)7-11(14)15/h8-9H,5-7H2,1-4H3,(H,14,15). The number of carboxylic acid groups (broad SMARTS) is 1. The summed E-state index contributed by atoms with van der Waals surface area (Å²) in [4.78, 5) is 23.7. The molecule has 0 aromatic heterocycles. The van der Waals surface area contributed by atoms with Crippen molar-refractivity contribution in [2.24, 2.45) is 11.8 Å². The van der Waals surface area contributed by atoms with Crippen LogP contribution >= 0.6 is 0 Å². The van der Waals surface area contributed by atoms with Crippen molar-refractivity contribution in [1.82, 2.24) is 4.90 Å². The molecule has 0 aliphatic rings. The molecule has 1 amide bonds. The van der Waals surface area contributed by atoms with Gasteiger partial charge in [0.25, 0.3) is 0 Å². The number of rotatable bonds is 6. The Balaban J connectivity index is 4.33. The fourth-order valence-corrected chi connectivity index (χ4v) is 1.34. The fourth-order valence-electron chi connectivity index (χ4n) is 1.34. The van der Waals surface area contributed by atoms with E-state index < -0.39 is 5.97 Å². The molecule has 4 heteroatoms. The second-order valence-electron chi connectivity index (χ2n) is 4.66. The molecule has 88 valence electrons. The van der Waals surface area contributed by atoms with Crippen LogP contribution in [-0.4, -0.2) is 35.0 Å². The lowest BCUT2D eigenvalue weighted by Crippen LogP contribution is -2.38. The van der Waals surface area contributed by atoms with Gasteiger partial charge in [-0.3, -0.25) is 9.59 Å². The molecular formula is C11H21NO3. The van der Waals surface area contributed by atoms with E-state index in [1.165, 1.54) is 4.90 Å². The molecule has 0 atom stereocenters. The molecule has 0 radical (unpaired) electrons. The van der Waals surface area contributed by atoms with E-state index in [-0.39, 0.29) is 18.4 Å². The third-order valence-corrected chi connectivity index (χ3v) is 1.85. The normalized spacial score (nSPS) is 10.8. The smallest absolute Gasteiger partial charge is 0.323 e. The molecule has 0 rings (SSSR count). The van der Waals surface area contributed by atoms with E-state index in [0.717, 1.165) is 0 Å². The fraction of sp³-hybridized carbons (Fsp3) is 0.818. The van der Waals surface area contributed by atoms with Gasteiger partial charge in [-0.1, -0.05) is 27.7 Å². The summed E-state index contributed by atoms with van der Waals surface area (Å²) in [6.07, 6.45) is 0.417. The van der Waals surface area contributed by atoms with E-state index in [2.05, 4.69) is 0 Å². The summed E-state index contributed by atoms with van der Waals surface area (Å²) in [6, 6.07) is 0. The highest BCUT2D eigenvalue weighted by molar-refractivity contribution is 5.81. The number of carboxylic acids is 1. The maximum atomic E-state index is 11.7. The monoisotopic (exact) mass is 215 g/mol. The van der Waals surface area contributed by atoms with Crippen molar-refractivity contribution in [1.29, 1.82) is 0 Å². The minimum atomic E-state index is -0.951. The predicted octanol–water partition coefficient (Wildman–Crippen LogP) is 1.60. The molecule has 15 heavy (non-hydrogen) atoms. The molecule has 0 aliphatic carbocycles. The Bertz CT molecular complexity index is 224. The van der Waals surface area contributed by atoms with Gasteiger partial charge in [0.2, 0.25) is 5.91 Å². The van der Waals surface area contributed by atoms with E-state index in [9.17, 15) is 9.59 Å². The van der Waals surface area contributed by atoms with Crippen LogP contribution < -0.4 is 0 Å². The molecule has 0 aliphatic heterocycles. The lowest BCUT2D eigenvalue weighted by Gasteiger charge is -2.23. The van der Waals surface area contributed by atoms with Crippen molar-refractivity contribution in [3.63, 3.8) is 0 Å².